The molecule has 1 aromatic carbocycles. The Morgan fingerprint density at radius 1 is 1.16 bits per heavy atom. The predicted octanol–water partition coefficient (Wildman–Crippen LogP) is 2.28. The molecule has 1 saturated heterocycles. The molecule has 0 radical (unpaired) electrons. The fourth-order valence-corrected chi connectivity index (χ4v) is 3.50. The first kappa shape index (κ1) is 20.9. The number of anilines is 2. The predicted molar refractivity (Wildman–Crippen MR) is 110 cm³/mol. The topological polar surface area (TPSA) is 98.3 Å². The summed E-state index contributed by atoms with van der Waals surface area (Å²) >= 11 is 0. The summed E-state index contributed by atoms with van der Waals surface area (Å²) in [5, 5.41) is 5.51. The van der Waals surface area contributed by atoms with Crippen molar-refractivity contribution in [2.75, 3.05) is 42.4 Å². The maximum atomic E-state index is 13.1. The van der Waals surface area contributed by atoms with Gasteiger partial charge in [0, 0.05) is 24.5 Å². The van der Waals surface area contributed by atoms with E-state index in [4.69, 9.17) is 10.5 Å². The van der Waals surface area contributed by atoms with Crippen molar-refractivity contribution in [3.05, 3.63) is 57.8 Å². The average molecular weight is 434 g/mol. The Morgan fingerprint density at radius 2 is 1.90 bits per heavy atom. The van der Waals surface area contributed by atoms with Gasteiger partial charge in [-0.05, 0) is 30.7 Å². The number of nitrogens with one attached hydrogen (secondary N) is 1. The first-order valence-corrected chi connectivity index (χ1v) is 9.65. The maximum absolute atomic E-state index is 13.1. The summed E-state index contributed by atoms with van der Waals surface area (Å²) in [5.74, 6) is 0.850. The monoisotopic (exact) mass is 434 g/mol. The van der Waals surface area contributed by atoms with Gasteiger partial charge in [-0.2, -0.15) is 13.2 Å². The summed E-state index contributed by atoms with van der Waals surface area (Å²) in [6, 6.07) is 4.84. The van der Waals surface area contributed by atoms with E-state index in [0.29, 0.717) is 54.4 Å². The quantitative estimate of drug-likeness (QED) is 0.608. The molecule has 1 fully saturated rings. The van der Waals surface area contributed by atoms with Crippen LogP contribution in [0, 0.1) is 6.92 Å². The summed E-state index contributed by atoms with van der Waals surface area (Å²) in [5.41, 5.74) is 5.44. The fourth-order valence-electron chi connectivity index (χ4n) is 3.50. The lowest BCUT2D eigenvalue weighted by Gasteiger charge is -2.30. The number of aromatic nitrogens is 3. The number of rotatable bonds is 4. The molecule has 2 aromatic heterocycles. The van der Waals surface area contributed by atoms with Crippen molar-refractivity contribution in [3.63, 3.8) is 0 Å². The minimum atomic E-state index is -4.49. The minimum Gasteiger partial charge on any atom is -0.399 e. The molecular formula is C20H21F3N6O2. The van der Waals surface area contributed by atoms with E-state index >= 15 is 0 Å². The molecule has 0 atom stereocenters. The van der Waals surface area contributed by atoms with Crippen molar-refractivity contribution < 1.29 is 17.9 Å². The number of hydrogen-bond acceptors (Lipinski definition) is 7. The van der Waals surface area contributed by atoms with Crippen molar-refractivity contribution in [1.82, 2.24) is 14.6 Å². The molecule has 8 nitrogen and oxygen atoms in total. The maximum Gasteiger partial charge on any atom is 0.416 e. The van der Waals surface area contributed by atoms with Crippen molar-refractivity contribution in [2.24, 2.45) is 0 Å². The third kappa shape index (κ3) is 4.55. The van der Waals surface area contributed by atoms with Crippen LogP contribution in [0.3, 0.4) is 0 Å². The first-order chi connectivity index (χ1) is 14.7. The van der Waals surface area contributed by atoms with Gasteiger partial charge in [0.15, 0.2) is 0 Å². The number of benzene rings is 1. The van der Waals surface area contributed by atoms with E-state index < -0.39 is 11.7 Å². The lowest BCUT2D eigenvalue weighted by Crippen LogP contribution is -2.48. The van der Waals surface area contributed by atoms with Gasteiger partial charge in [-0.25, -0.2) is 14.6 Å². The summed E-state index contributed by atoms with van der Waals surface area (Å²) < 4.78 is 46.1. The number of nitrogens with zero attached hydrogens (tertiary/aromatic N) is 4. The number of morpholine rings is 1. The van der Waals surface area contributed by atoms with Gasteiger partial charge in [-0.15, -0.1) is 0 Å². The van der Waals surface area contributed by atoms with Crippen LogP contribution in [0.4, 0.5) is 24.7 Å². The van der Waals surface area contributed by atoms with Crippen LogP contribution >= 0.6 is 0 Å². The molecule has 3 N–H and O–H groups in total. The number of fused-ring (bicyclic) bond motifs is 1. The Balaban J connectivity index is 1.69. The highest BCUT2D eigenvalue weighted by molar-refractivity contribution is 5.88. The molecule has 0 aliphatic carbocycles. The minimum absolute atomic E-state index is 0.0245. The standard InChI is InChI=1S/C20H21F3N6O2/c1-12-26-17-9-18(30)29(28-2-4-31-5-3-28)11-16(17)19(27-12)25-10-13-6-14(20(21,22)23)8-15(24)7-13/h6-9,11H,2-5,10,24H2,1H3,(H,25,26,27). The number of aryl methyl sites for hydroxylation is 1. The molecular weight excluding hydrogens is 413 g/mol. The van der Waals surface area contributed by atoms with Crippen LogP contribution in [0.1, 0.15) is 17.0 Å². The van der Waals surface area contributed by atoms with Crippen LogP contribution in [0.25, 0.3) is 10.9 Å². The van der Waals surface area contributed by atoms with Gasteiger partial charge in [-0.1, -0.05) is 0 Å². The van der Waals surface area contributed by atoms with E-state index in [9.17, 15) is 18.0 Å². The Labute approximate surface area is 175 Å². The molecule has 11 heteroatoms. The molecule has 0 bridgehead atoms. The lowest BCUT2D eigenvalue weighted by atomic mass is 10.1. The zero-order chi connectivity index (χ0) is 22.2. The second-order valence-corrected chi connectivity index (χ2v) is 7.26. The molecule has 4 rings (SSSR count). The molecule has 0 saturated carbocycles. The molecule has 1 aliphatic heterocycles. The van der Waals surface area contributed by atoms with Crippen molar-refractivity contribution in [3.8, 4) is 0 Å². The van der Waals surface area contributed by atoms with Gasteiger partial charge in [0.25, 0.3) is 5.56 Å². The number of alkyl halides is 3. The summed E-state index contributed by atoms with van der Waals surface area (Å²) in [4.78, 5) is 21.3. The smallest absolute Gasteiger partial charge is 0.399 e. The SMILES string of the molecule is Cc1nc(NCc2cc(N)cc(C(F)(F)F)c2)c2cn(N3CCOCC3)c(=O)cc2n1. The van der Waals surface area contributed by atoms with Gasteiger partial charge in [0.1, 0.15) is 11.6 Å². The Bertz CT molecular complexity index is 1170. The summed E-state index contributed by atoms with van der Waals surface area (Å²) in [6.07, 6.45) is -2.85. The van der Waals surface area contributed by atoms with Crippen LogP contribution in [-0.2, 0) is 17.5 Å². The zero-order valence-corrected chi connectivity index (χ0v) is 16.7. The molecule has 0 amide bonds. The number of nitrogen functional groups attached to an aromatic ring is 1. The first-order valence-electron chi connectivity index (χ1n) is 9.65. The number of hydrogen-bond donors (Lipinski definition) is 2. The van der Waals surface area contributed by atoms with Crippen LogP contribution in [0.15, 0.2) is 35.3 Å². The second kappa shape index (κ2) is 8.06. The third-order valence-corrected chi connectivity index (χ3v) is 4.92. The molecule has 0 spiro atoms. The van der Waals surface area contributed by atoms with E-state index in [1.165, 1.54) is 16.8 Å². The Morgan fingerprint density at radius 3 is 2.61 bits per heavy atom. The van der Waals surface area contributed by atoms with Gasteiger partial charge in [-0.3, -0.25) is 4.79 Å². The molecule has 3 heterocycles. The summed E-state index contributed by atoms with van der Waals surface area (Å²) in [7, 11) is 0. The van der Waals surface area contributed by atoms with Gasteiger partial charge >= 0.3 is 6.18 Å². The zero-order valence-electron chi connectivity index (χ0n) is 16.7. The molecule has 31 heavy (non-hydrogen) atoms. The van der Waals surface area contributed by atoms with Crippen LogP contribution in [0.5, 0.6) is 0 Å². The van der Waals surface area contributed by atoms with Crippen molar-refractivity contribution in [1.29, 1.82) is 0 Å². The highest BCUT2D eigenvalue weighted by atomic mass is 19.4. The van der Waals surface area contributed by atoms with Gasteiger partial charge in [0.2, 0.25) is 0 Å². The normalized spacial score (nSPS) is 14.8. The van der Waals surface area contributed by atoms with E-state index in [-0.39, 0.29) is 17.8 Å². The van der Waals surface area contributed by atoms with Gasteiger partial charge < -0.3 is 20.8 Å². The van der Waals surface area contributed by atoms with Crippen LogP contribution < -0.4 is 21.6 Å². The largest absolute Gasteiger partial charge is 0.416 e. The van der Waals surface area contributed by atoms with Crippen molar-refractivity contribution >= 4 is 22.4 Å². The van der Waals surface area contributed by atoms with Crippen LogP contribution in [0.2, 0.25) is 0 Å². The Hall–Kier alpha value is -3.34. The average Bonchev–Trinajstić information content (AvgIpc) is 2.71. The molecule has 3 aromatic rings. The second-order valence-electron chi connectivity index (χ2n) is 7.26. The lowest BCUT2D eigenvalue weighted by molar-refractivity contribution is -0.137. The fraction of sp³-hybridized carbons (Fsp3) is 0.350. The molecule has 164 valence electrons. The summed E-state index contributed by atoms with van der Waals surface area (Å²) in [6.45, 7) is 3.89. The van der Waals surface area contributed by atoms with E-state index in [2.05, 4.69) is 15.3 Å². The number of ether oxygens (including phenoxy) is 1. The van der Waals surface area contributed by atoms with E-state index in [0.717, 1.165) is 12.1 Å². The molecule has 0 unspecified atom stereocenters. The van der Waals surface area contributed by atoms with Gasteiger partial charge in [0.05, 0.1) is 42.8 Å². The third-order valence-electron chi connectivity index (χ3n) is 4.92. The highest BCUT2D eigenvalue weighted by Gasteiger charge is 2.31. The van der Waals surface area contributed by atoms with E-state index in [1.54, 1.807) is 13.1 Å². The highest BCUT2D eigenvalue weighted by Crippen LogP contribution is 2.31. The van der Waals surface area contributed by atoms with Crippen molar-refractivity contribution in [2.45, 2.75) is 19.6 Å². The number of pyridine rings is 1. The number of nitrogens with two attached hydrogens (primary N) is 1. The number of halogens is 3. The molecule has 1 aliphatic rings. The Kier molecular flexibility index (Phi) is 5.44. The van der Waals surface area contributed by atoms with E-state index in [1.807, 2.05) is 5.01 Å². The van der Waals surface area contributed by atoms with Crippen LogP contribution in [-0.4, -0.2) is 40.9 Å².